The van der Waals surface area contributed by atoms with E-state index in [2.05, 4.69) is 0 Å². The van der Waals surface area contributed by atoms with E-state index in [4.69, 9.17) is 14.2 Å². The number of rotatable bonds is 3. The molecule has 3 aliphatic heterocycles. The van der Waals surface area contributed by atoms with E-state index in [1.807, 2.05) is 6.08 Å². The van der Waals surface area contributed by atoms with Crippen molar-refractivity contribution in [2.24, 2.45) is 11.8 Å². The van der Waals surface area contributed by atoms with Gasteiger partial charge in [-0.3, -0.25) is 14.5 Å². The summed E-state index contributed by atoms with van der Waals surface area (Å²) >= 11 is 0. The highest BCUT2D eigenvalue weighted by molar-refractivity contribution is 5.95. The Morgan fingerprint density at radius 3 is 2.68 bits per heavy atom. The third-order valence-electron chi connectivity index (χ3n) is 4.85. The second-order valence-corrected chi connectivity index (χ2v) is 6.23. The molecule has 2 bridgehead atoms. The molecule has 0 N–H and O–H groups in total. The summed E-state index contributed by atoms with van der Waals surface area (Å²) in [6, 6.07) is -0.958. The van der Waals surface area contributed by atoms with E-state index in [0.717, 1.165) is 4.90 Å². The number of carbonyl (C=O) groups excluding carboxylic acids is 4. The Hall–Kier alpha value is -2.58. The van der Waals surface area contributed by atoms with Gasteiger partial charge in [0.15, 0.2) is 0 Å². The third kappa shape index (κ3) is 3.06. The van der Waals surface area contributed by atoms with Gasteiger partial charge < -0.3 is 14.2 Å². The lowest BCUT2D eigenvalue weighted by atomic mass is 9.73. The molecular weight excluding hydrogens is 332 g/mol. The summed E-state index contributed by atoms with van der Waals surface area (Å²) in [5.41, 5.74) is 0. The van der Waals surface area contributed by atoms with Crippen molar-refractivity contribution in [1.29, 1.82) is 0 Å². The average Bonchev–Trinajstić information content (AvgIpc) is 3.04. The summed E-state index contributed by atoms with van der Waals surface area (Å²) in [6.45, 7) is 1.72. The number of nitrogens with zero attached hydrogens (tertiary/aromatic N) is 2. The van der Waals surface area contributed by atoms with E-state index in [1.165, 1.54) is 18.9 Å². The summed E-state index contributed by atoms with van der Waals surface area (Å²) < 4.78 is 14.8. The Bertz CT molecular complexity index is 632. The molecule has 0 aromatic heterocycles. The van der Waals surface area contributed by atoms with Gasteiger partial charge in [0, 0.05) is 12.8 Å². The average molecular weight is 352 g/mol. The number of amides is 3. The van der Waals surface area contributed by atoms with Crippen molar-refractivity contribution in [3.05, 3.63) is 12.2 Å². The van der Waals surface area contributed by atoms with E-state index in [0.29, 0.717) is 6.42 Å². The fraction of sp³-hybridized carbons (Fsp3) is 0.625. The van der Waals surface area contributed by atoms with Crippen molar-refractivity contribution in [3.63, 3.8) is 0 Å². The molecule has 0 saturated carbocycles. The van der Waals surface area contributed by atoms with E-state index in [1.54, 1.807) is 6.08 Å². The maximum atomic E-state index is 12.8. The van der Waals surface area contributed by atoms with Gasteiger partial charge in [-0.1, -0.05) is 12.2 Å². The molecule has 0 aromatic rings. The summed E-state index contributed by atoms with van der Waals surface area (Å²) in [5.74, 6) is -1.53. The van der Waals surface area contributed by atoms with Crippen LogP contribution in [0.1, 0.15) is 13.3 Å². The van der Waals surface area contributed by atoms with Gasteiger partial charge in [0.05, 0.1) is 31.7 Å². The van der Waals surface area contributed by atoms with Gasteiger partial charge in [0.1, 0.15) is 13.2 Å². The number of carbonyl (C=O) groups is 4. The quantitative estimate of drug-likeness (QED) is 0.415. The highest BCUT2D eigenvalue weighted by Crippen LogP contribution is 2.40. The number of hydrogen-bond acceptors (Lipinski definition) is 7. The van der Waals surface area contributed by atoms with Crippen LogP contribution < -0.4 is 0 Å². The first-order valence-corrected chi connectivity index (χ1v) is 8.10. The van der Waals surface area contributed by atoms with Crippen molar-refractivity contribution in [3.8, 4) is 0 Å². The van der Waals surface area contributed by atoms with Crippen molar-refractivity contribution in [2.45, 2.75) is 25.4 Å². The maximum absolute atomic E-state index is 12.8. The van der Waals surface area contributed by atoms with Crippen LogP contribution in [0.4, 0.5) is 9.59 Å². The summed E-state index contributed by atoms with van der Waals surface area (Å²) in [4.78, 5) is 50.4. The van der Waals surface area contributed by atoms with Crippen molar-refractivity contribution >= 4 is 24.1 Å². The highest BCUT2D eigenvalue weighted by Gasteiger charge is 2.51. The predicted molar refractivity (Wildman–Crippen MR) is 82.3 cm³/mol. The van der Waals surface area contributed by atoms with Crippen LogP contribution in [-0.4, -0.2) is 72.8 Å². The number of esters is 1. The minimum Gasteiger partial charge on any atom is -0.464 e. The lowest BCUT2D eigenvalue weighted by Crippen LogP contribution is -2.63. The predicted octanol–water partition coefficient (Wildman–Crippen LogP) is 0.540. The third-order valence-corrected chi connectivity index (χ3v) is 4.85. The smallest absolute Gasteiger partial charge is 0.416 e. The molecule has 136 valence electrons. The van der Waals surface area contributed by atoms with Crippen LogP contribution in [0.2, 0.25) is 0 Å². The van der Waals surface area contributed by atoms with E-state index in [9.17, 15) is 19.2 Å². The zero-order valence-electron chi connectivity index (χ0n) is 14.0. The minimum atomic E-state index is -0.656. The van der Waals surface area contributed by atoms with Crippen LogP contribution in [0.5, 0.6) is 0 Å². The molecule has 0 radical (unpaired) electrons. The summed E-state index contributed by atoms with van der Waals surface area (Å²) in [6.07, 6.45) is 2.90. The molecule has 0 aromatic carbocycles. The van der Waals surface area contributed by atoms with Gasteiger partial charge in [0.2, 0.25) is 5.91 Å². The van der Waals surface area contributed by atoms with Crippen molar-refractivity contribution in [2.75, 3.05) is 26.9 Å². The molecule has 25 heavy (non-hydrogen) atoms. The van der Waals surface area contributed by atoms with E-state index < -0.39 is 36.2 Å². The van der Waals surface area contributed by atoms with Gasteiger partial charge in [-0.25, -0.2) is 14.5 Å². The SMILES string of the molecule is COC(=O)N1[C@@H]2C=C[C@@H](C[C@H]2C(=O)N2CCOC2=O)[C@H]1COC(C)=O. The van der Waals surface area contributed by atoms with E-state index in [-0.39, 0.29) is 31.6 Å². The first-order valence-electron chi connectivity index (χ1n) is 8.10. The Labute approximate surface area is 144 Å². The van der Waals surface area contributed by atoms with Crippen LogP contribution in [0.15, 0.2) is 12.2 Å². The number of methoxy groups -OCH3 is 1. The summed E-state index contributed by atoms with van der Waals surface area (Å²) in [5, 5.41) is 0. The number of ether oxygens (including phenoxy) is 3. The van der Waals surface area contributed by atoms with Gasteiger partial charge in [0.25, 0.3) is 0 Å². The zero-order chi connectivity index (χ0) is 18.1. The first-order chi connectivity index (χ1) is 11.9. The Balaban J connectivity index is 1.83. The molecule has 4 atom stereocenters. The Morgan fingerprint density at radius 1 is 1.32 bits per heavy atom. The molecule has 2 fully saturated rings. The first kappa shape index (κ1) is 17.2. The van der Waals surface area contributed by atoms with Crippen LogP contribution >= 0.6 is 0 Å². The fourth-order valence-corrected chi connectivity index (χ4v) is 3.71. The lowest BCUT2D eigenvalue weighted by Gasteiger charge is -2.50. The van der Waals surface area contributed by atoms with Crippen LogP contribution in [0.25, 0.3) is 0 Å². The normalized spacial score (nSPS) is 30.2. The van der Waals surface area contributed by atoms with Crippen molar-refractivity contribution in [1.82, 2.24) is 9.80 Å². The number of hydrogen-bond donors (Lipinski definition) is 0. The lowest BCUT2D eigenvalue weighted by molar-refractivity contribution is -0.147. The number of cyclic esters (lactones) is 1. The highest BCUT2D eigenvalue weighted by atomic mass is 16.6. The number of fused-ring (bicyclic) bond motifs is 2. The molecule has 2 saturated heterocycles. The largest absolute Gasteiger partial charge is 0.464 e. The Morgan fingerprint density at radius 2 is 2.08 bits per heavy atom. The second kappa shape index (κ2) is 6.73. The monoisotopic (exact) mass is 352 g/mol. The summed E-state index contributed by atoms with van der Waals surface area (Å²) in [7, 11) is 1.26. The van der Waals surface area contributed by atoms with Gasteiger partial charge in [-0.15, -0.1) is 0 Å². The molecular formula is C16H20N2O7. The molecule has 3 amide bonds. The maximum Gasteiger partial charge on any atom is 0.416 e. The Kier molecular flexibility index (Phi) is 4.65. The van der Waals surface area contributed by atoms with Gasteiger partial charge in [-0.05, 0) is 6.42 Å². The molecule has 1 aliphatic carbocycles. The minimum absolute atomic E-state index is 0.0304. The van der Waals surface area contributed by atoms with Crippen LogP contribution in [-0.2, 0) is 23.8 Å². The van der Waals surface area contributed by atoms with Crippen molar-refractivity contribution < 1.29 is 33.4 Å². The molecule has 4 aliphatic rings. The molecule has 9 nitrogen and oxygen atoms in total. The number of imide groups is 1. The zero-order valence-corrected chi connectivity index (χ0v) is 14.0. The topological polar surface area (TPSA) is 102 Å². The standard InChI is InChI=1S/C16H20N2O7/c1-9(19)25-8-13-10-3-4-12(18(13)16(22)23-2)11(7-10)14(20)17-5-6-24-15(17)21/h3-4,10-13H,5-8H2,1-2H3/t10-,11+,12+,13+/m0/s1. The van der Waals surface area contributed by atoms with Crippen LogP contribution in [0, 0.1) is 11.8 Å². The van der Waals surface area contributed by atoms with Gasteiger partial charge >= 0.3 is 18.2 Å². The molecule has 0 unspecified atom stereocenters. The molecule has 3 heterocycles. The number of piperidine rings is 1. The van der Waals surface area contributed by atoms with E-state index >= 15 is 0 Å². The molecule has 4 rings (SSSR count). The van der Waals surface area contributed by atoms with Crippen LogP contribution in [0.3, 0.4) is 0 Å². The second-order valence-electron chi connectivity index (χ2n) is 6.23. The molecule has 0 spiro atoms. The van der Waals surface area contributed by atoms with Gasteiger partial charge in [-0.2, -0.15) is 0 Å². The molecule has 9 heteroatoms. The fourth-order valence-electron chi connectivity index (χ4n) is 3.71.